The summed E-state index contributed by atoms with van der Waals surface area (Å²) in [7, 11) is 1.87. The summed E-state index contributed by atoms with van der Waals surface area (Å²) in [5.74, 6) is 1.75. The molecule has 31 heavy (non-hydrogen) atoms. The number of nitrogens with one attached hydrogen (secondary N) is 1. The van der Waals surface area contributed by atoms with Gasteiger partial charge in [-0.2, -0.15) is 5.10 Å². The van der Waals surface area contributed by atoms with E-state index >= 15 is 0 Å². The Bertz CT molecular complexity index is 934. The van der Waals surface area contributed by atoms with E-state index < -0.39 is 0 Å². The van der Waals surface area contributed by atoms with Crippen LogP contribution in [0.3, 0.4) is 0 Å². The van der Waals surface area contributed by atoms with E-state index in [4.69, 9.17) is 0 Å². The van der Waals surface area contributed by atoms with Gasteiger partial charge in [-0.3, -0.25) is 4.99 Å². The van der Waals surface area contributed by atoms with Crippen LogP contribution in [-0.4, -0.2) is 45.8 Å². The minimum absolute atomic E-state index is 0. The molecule has 0 atom stereocenters. The van der Waals surface area contributed by atoms with Crippen LogP contribution < -0.4 is 5.32 Å². The van der Waals surface area contributed by atoms with Crippen molar-refractivity contribution in [1.82, 2.24) is 25.0 Å². The van der Waals surface area contributed by atoms with Crippen LogP contribution in [0.25, 0.3) is 0 Å². The van der Waals surface area contributed by atoms with Gasteiger partial charge >= 0.3 is 0 Å². The molecule has 1 fully saturated rings. The molecule has 1 aliphatic rings. The van der Waals surface area contributed by atoms with Crippen LogP contribution in [0, 0.1) is 5.92 Å². The number of aromatic nitrogens is 3. The van der Waals surface area contributed by atoms with Gasteiger partial charge in [0.1, 0.15) is 12.7 Å². The lowest BCUT2D eigenvalue weighted by Crippen LogP contribution is -2.45. The second kappa shape index (κ2) is 11.8. The molecule has 1 saturated heterocycles. The van der Waals surface area contributed by atoms with E-state index in [0.29, 0.717) is 0 Å². The quantitative estimate of drug-likeness (QED) is 0.298. The number of piperidine rings is 1. The molecule has 2 heterocycles. The summed E-state index contributed by atoms with van der Waals surface area (Å²) in [6.45, 7) is 3.62. The smallest absolute Gasteiger partial charge is 0.193 e. The maximum atomic E-state index is 4.53. The van der Waals surface area contributed by atoms with Crippen LogP contribution >= 0.6 is 24.0 Å². The molecule has 0 aliphatic carbocycles. The van der Waals surface area contributed by atoms with Gasteiger partial charge in [0.15, 0.2) is 5.96 Å². The summed E-state index contributed by atoms with van der Waals surface area (Å²) >= 11 is 0. The predicted molar refractivity (Wildman–Crippen MR) is 136 cm³/mol. The minimum Gasteiger partial charge on any atom is -0.352 e. The third kappa shape index (κ3) is 6.78. The van der Waals surface area contributed by atoms with Gasteiger partial charge in [-0.05, 0) is 41.9 Å². The van der Waals surface area contributed by atoms with E-state index in [1.165, 1.54) is 36.0 Å². The van der Waals surface area contributed by atoms with Gasteiger partial charge < -0.3 is 10.2 Å². The number of likely N-dealkylation sites (tertiary alicyclic amines) is 1. The topological polar surface area (TPSA) is 58.3 Å². The molecule has 0 amide bonds. The Kier molecular flexibility index (Phi) is 8.87. The molecule has 1 aliphatic heterocycles. The number of benzene rings is 2. The minimum atomic E-state index is 0. The first kappa shape index (κ1) is 23.2. The van der Waals surface area contributed by atoms with Crippen molar-refractivity contribution in [2.45, 2.75) is 32.4 Å². The molecule has 0 bridgehead atoms. The Hall–Kier alpha value is -2.42. The van der Waals surface area contributed by atoms with Crippen LogP contribution in [0.4, 0.5) is 0 Å². The maximum absolute atomic E-state index is 4.53. The molecule has 0 unspecified atom stereocenters. The van der Waals surface area contributed by atoms with Crippen LogP contribution in [-0.2, 0) is 19.5 Å². The molecule has 164 valence electrons. The SMILES string of the molecule is CN=C(NCc1cccc(Cn2cncn2)c1)N1CCC(Cc2ccccc2)CC1.I. The predicted octanol–water partition coefficient (Wildman–Crippen LogP) is 3.97. The van der Waals surface area contributed by atoms with Gasteiger partial charge in [-0.15, -0.1) is 24.0 Å². The van der Waals surface area contributed by atoms with Gasteiger partial charge in [0.25, 0.3) is 0 Å². The van der Waals surface area contributed by atoms with Crippen molar-refractivity contribution in [2.24, 2.45) is 10.9 Å². The molecular weight excluding hydrogens is 499 g/mol. The van der Waals surface area contributed by atoms with Crippen molar-refractivity contribution in [3.05, 3.63) is 83.9 Å². The molecule has 6 nitrogen and oxygen atoms in total. The number of aliphatic imine (C=N–C) groups is 1. The largest absolute Gasteiger partial charge is 0.352 e. The lowest BCUT2D eigenvalue weighted by molar-refractivity contribution is 0.259. The third-order valence-corrected chi connectivity index (χ3v) is 5.75. The highest BCUT2D eigenvalue weighted by atomic mass is 127. The molecule has 0 radical (unpaired) electrons. The van der Waals surface area contributed by atoms with Crippen molar-refractivity contribution in [2.75, 3.05) is 20.1 Å². The number of rotatable bonds is 6. The first-order valence-corrected chi connectivity index (χ1v) is 10.7. The summed E-state index contributed by atoms with van der Waals surface area (Å²) in [6, 6.07) is 19.4. The fourth-order valence-electron chi connectivity index (χ4n) is 4.15. The molecular formula is C24H31IN6. The highest BCUT2D eigenvalue weighted by Crippen LogP contribution is 2.21. The molecule has 1 N–H and O–H groups in total. The van der Waals surface area contributed by atoms with Crippen molar-refractivity contribution in [3.8, 4) is 0 Å². The molecule has 7 heteroatoms. The van der Waals surface area contributed by atoms with Gasteiger partial charge in [0, 0.05) is 26.7 Å². The lowest BCUT2D eigenvalue weighted by Gasteiger charge is -2.34. The van der Waals surface area contributed by atoms with Crippen LogP contribution in [0.5, 0.6) is 0 Å². The van der Waals surface area contributed by atoms with Gasteiger partial charge in [-0.25, -0.2) is 9.67 Å². The average Bonchev–Trinajstić information content (AvgIpc) is 3.29. The fraction of sp³-hybridized carbons (Fsp3) is 0.375. The van der Waals surface area contributed by atoms with Crippen molar-refractivity contribution in [1.29, 1.82) is 0 Å². The number of nitrogens with zero attached hydrogens (tertiary/aromatic N) is 5. The first-order chi connectivity index (χ1) is 14.8. The fourth-order valence-corrected chi connectivity index (χ4v) is 4.15. The number of guanidine groups is 1. The van der Waals surface area contributed by atoms with Crippen LogP contribution in [0.15, 0.2) is 72.2 Å². The first-order valence-electron chi connectivity index (χ1n) is 10.7. The molecule has 1 aromatic heterocycles. The number of hydrogen-bond donors (Lipinski definition) is 1. The van der Waals surface area contributed by atoms with E-state index in [-0.39, 0.29) is 24.0 Å². The van der Waals surface area contributed by atoms with Crippen molar-refractivity contribution < 1.29 is 0 Å². The lowest BCUT2D eigenvalue weighted by atomic mass is 9.90. The summed E-state index contributed by atoms with van der Waals surface area (Å²) in [5.41, 5.74) is 3.91. The summed E-state index contributed by atoms with van der Waals surface area (Å²) in [4.78, 5) is 10.9. The van der Waals surface area contributed by atoms with Crippen molar-refractivity contribution in [3.63, 3.8) is 0 Å². The second-order valence-electron chi connectivity index (χ2n) is 7.93. The normalized spacial score (nSPS) is 14.9. The molecule has 0 spiro atoms. The zero-order chi connectivity index (χ0) is 20.6. The zero-order valence-electron chi connectivity index (χ0n) is 18.0. The van der Waals surface area contributed by atoms with Gasteiger partial charge in [-0.1, -0.05) is 54.6 Å². The standard InChI is InChI=1S/C24H30N6.HI/c1-25-24(29-12-10-21(11-13-29)14-20-6-3-2-4-7-20)27-16-22-8-5-9-23(15-22)17-30-19-26-18-28-30;/h2-9,15,18-19,21H,10-14,16-17H2,1H3,(H,25,27);1H. The van der Waals surface area contributed by atoms with E-state index in [1.807, 2.05) is 11.7 Å². The third-order valence-electron chi connectivity index (χ3n) is 5.75. The molecule has 4 rings (SSSR count). The number of halogens is 1. The maximum Gasteiger partial charge on any atom is 0.193 e. The highest BCUT2D eigenvalue weighted by molar-refractivity contribution is 14.0. The van der Waals surface area contributed by atoms with Crippen LogP contribution in [0.1, 0.15) is 29.5 Å². The highest BCUT2D eigenvalue weighted by Gasteiger charge is 2.21. The van der Waals surface area contributed by atoms with Crippen LogP contribution in [0.2, 0.25) is 0 Å². The average molecular weight is 530 g/mol. The van der Waals surface area contributed by atoms with Gasteiger partial charge in [0.05, 0.1) is 6.54 Å². The second-order valence-corrected chi connectivity index (χ2v) is 7.93. The van der Waals surface area contributed by atoms with Gasteiger partial charge in [0.2, 0.25) is 0 Å². The summed E-state index contributed by atoms with van der Waals surface area (Å²) in [5, 5.41) is 7.73. The number of hydrogen-bond acceptors (Lipinski definition) is 3. The Morgan fingerprint density at radius 1 is 1.03 bits per heavy atom. The van der Waals surface area contributed by atoms with E-state index in [9.17, 15) is 0 Å². The monoisotopic (exact) mass is 530 g/mol. The molecule has 3 aromatic rings. The van der Waals surface area contributed by atoms with Crippen molar-refractivity contribution >= 4 is 29.9 Å². The Balaban J connectivity index is 0.00000272. The summed E-state index contributed by atoms with van der Waals surface area (Å²) < 4.78 is 1.84. The molecule has 0 saturated carbocycles. The Labute approximate surface area is 201 Å². The Morgan fingerprint density at radius 2 is 1.77 bits per heavy atom. The molecule has 2 aromatic carbocycles. The zero-order valence-corrected chi connectivity index (χ0v) is 20.4. The Morgan fingerprint density at radius 3 is 2.48 bits per heavy atom. The van der Waals surface area contributed by atoms with E-state index in [0.717, 1.165) is 38.1 Å². The summed E-state index contributed by atoms with van der Waals surface area (Å²) in [6.07, 6.45) is 6.91. The van der Waals surface area contributed by atoms with E-state index in [1.54, 1.807) is 12.7 Å². The van der Waals surface area contributed by atoms with E-state index in [2.05, 4.69) is 79.9 Å².